The first kappa shape index (κ1) is 16.9. The third-order valence-corrected chi connectivity index (χ3v) is 3.20. The Bertz CT molecular complexity index is 570. The molecule has 0 bridgehead atoms. The molecule has 0 heterocycles. The first-order valence-corrected chi connectivity index (χ1v) is 6.74. The van der Waals surface area contributed by atoms with Crippen LogP contribution in [0.25, 0.3) is 0 Å². The average Bonchev–Trinajstić information content (AvgIpc) is 2.44. The SMILES string of the molecule is CNC(=O)c1cc(NC(=S)N(C)C)cc(C(=O)N(C)C)c1. The fourth-order valence-electron chi connectivity index (χ4n) is 1.59. The summed E-state index contributed by atoms with van der Waals surface area (Å²) in [5, 5.41) is 6.04. The van der Waals surface area contributed by atoms with Gasteiger partial charge in [0.05, 0.1) is 0 Å². The second-order valence-electron chi connectivity index (χ2n) is 4.90. The van der Waals surface area contributed by atoms with E-state index in [1.165, 1.54) is 4.90 Å². The molecular formula is C14H20N4O2S. The van der Waals surface area contributed by atoms with Gasteiger partial charge in [0.15, 0.2) is 5.11 Å². The molecule has 0 saturated heterocycles. The van der Waals surface area contributed by atoms with Gasteiger partial charge in [-0.2, -0.15) is 0 Å². The minimum absolute atomic E-state index is 0.181. The normalized spacial score (nSPS) is 9.76. The molecule has 0 unspecified atom stereocenters. The number of hydrogen-bond acceptors (Lipinski definition) is 3. The number of anilines is 1. The van der Waals surface area contributed by atoms with E-state index in [1.807, 2.05) is 14.1 Å². The topological polar surface area (TPSA) is 64.7 Å². The predicted octanol–water partition coefficient (Wildman–Crippen LogP) is 1.01. The molecule has 6 nitrogen and oxygen atoms in total. The minimum atomic E-state index is -0.262. The highest BCUT2D eigenvalue weighted by Gasteiger charge is 2.14. The summed E-state index contributed by atoms with van der Waals surface area (Å²) >= 11 is 5.18. The molecule has 1 aromatic rings. The molecule has 1 aromatic carbocycles. The third kappa shape index (κ3) is 4.42. The van der Waals surface area contributed by atoms with Crippen LogP contribution in [-0.4, -0.2) is 62.0 Å². The van der Waals surface area contributed by atoms with Crippen LogP contribution in [0.4, 0.5) is 5.69 Å². The molecule has 0 aliphatic heterocycles. The van der Waals surface area contributed by atoms with Crippen molar-refractivity contribution in [3.05, 3.63) is 29.3 Å². The van der Waals surface area contributed by atoms with E-state index in [4.69, 9.17) is 12.2 Å². The van der Waals surface area contributed by atoms with Crippen molar-refractivity contribution in [3.8, 4) is 0 Å². The van der Waals surface area contributed by atoms with Crippen molar-refractivity contribution in [2.45, 2.75) is 0 Å². The smallest absolute Gasteiger partial charge is 0.253 e. The Morgan fingerprint density at radius 3 is 2.05 bits per heavy atom. The maximum atomic E-state index is 12.1. The molecule has 114 valence electrons. The molecule has 0 aliphatic rings. The van der Waals surface area contributed by atoms with Crippen LogP contribution in [0.5, 0.6) is 0 Å². The molecule has 1 rings (SSSR count). The summed E-state index contributed by atoms with van der Waals surface area (Å²) in [6.45, 7) is 0. The molecule has 0 radical (unpaired) electrons. The minimum Gasteiger partial charge on any atom is -0.355 e. The first-order valence-electron chi connectivity index (χ1n) is 6.33. The Balaban J connectivity index is 3.24. The zero-order chi connectivity index (χ0) is 16.2. The van der Waals surface area contributed by atoms with Crippen LogP contribution in [0.2, 0.25) is 0 Å². The molecule has 0 fully saturated rings. The van der Waals surface area contributed by atoms with E-state index < -0.39 is 0 Å². The van der Waals surface area contributed by atoms with Crippen LogP contribution < -0.4 is 10.6 Å². The van der Waals surface area contributed by atoms with Crippen molar-refractivity contribution in [2.75, 3.05) is 40.6 Å². The highest BCUT2D eigenvalue weighted by Crippen LogP contribution is 2.17. The Hall–Kier alpha value is -2.15. The predicted molar refractivity (Wildman–Crippen MR) is 87.8 cm³/mol. The lowest BCUT2D eigenvalue weighted by atomic mass is 10.1. The zero-order valence-corrected chi connectivity index (χ0v) is 13.7. The number of benzene rings is 1. The van der Waals surface area contributed by atoms with Gasteiger partial charge in [-0.05, 0) is 30.4 Å². The number of thiocarbonyl (C=S) groups is 1. The van der Waals surface area contributed by atoms with Crippen LogP contribution >= 0.6 is 12.2 Å². The van der Waals surface area contributed by atoms with Crippen molar-refractivity contribution in [1.82, 2.24) is 15.1 Å². The number of amides is 2. The fraction of sp³-hybridized carbons (Fsp3) is 0.357. The maximum absolute atomic E-state index is 12.1. The number of nitrogens with one attached hydrogen (secondary N) is 2. The lowest BCUT2D eigenvalue weighted by molar-refractivity contribution is 0.0827. The largest absolute Gasteiger partial charge is 0.355 e. The molecule has 7 heteroatoms. The van der Waals surface area contributed by atoms with Crippen molar-refractivity contribution in [3.63, 3.8) is 0 Å². The van der Waals surface area contributed by atoms with Gasteiger partial charge in [0, 0.05) is 52.1 Å². The summed E-state index contributed by atoms with van der Waals surface area (Å²) < 4.78 is 0. The lowest BCUT2D eigenvalue weighted by Crippen LogP contribution is -2.28. The summed E-state index contributed by atoms with van der Waals surface area (Å²) in [4.78, 5) is 27.1. The van der Waals surface area contributed by atoms with Gasteiger partial charge in [0.25, 0.3) is 11.8 Å². The van der Waals surface area contributed by atoms with Gasteiger partial charge >= 0.3 is 0 Å². The molecule has 0 aromatic heterocycles. The lowest BCUT2D eigenvalue weighted by Gasteiger charge is -2.17. The Kier molecular flexibility index (Phi) is 5.66. The van der Waals surface area contributed by atoms with E-state index in [0.29, 0.717) is 21.9 Å². The summed E-state index contributed by atoms with van der Waals surface area (Å²) in [6.07, 6.45) is 0. The number of carbonyl (C=O) groups is 2. The van der Waals surface area contributed by atoms with E-state index in [1.54, 1.807) is 44.2 Å². The van der Waals surface area contributed by atoms with E-state index >= 15 is 0 Å². The van der Waals surface area contributed by atoms with Crippen molar-refractivity contribution < 1.29 is 9.59 Å². The molecular weight excluding hydrogens is 288 g/mol. The van der Waals surface area contributed by atoms with Gasteiger partial charge in [-0.25, -0.2) is 0 Å². The highest BCUT2D eigenvalue weighted by atomic mass is 32.1. The van der Waals surface area contributed by atoms with Crippen LogP contribution in [0, 0.1) is 0 Å². The number of hydrogen-bond donors (Lipinski definition) is 2. The van der Waals surface area contributed by atoms with Crippen LogP contribution in [0.3, 0.4) is 0 Å². The molecule has 0 atom stereocenters. The third-order valence-electron chi connectivity index (χ3n) is 2.73. The molecule has 0 saturated carbocycles. The summed E-state index contributed by atoms with van der Waals surface area (Å²) in [6, 6.07) is 4.89. The van der Waals surface area contributed by atoms with Gasteiger partial charge in [-0.1, -0.05) is 0 Å². The van der Waals surface area contributed by atoms with Crippen LogP contribution in [-0.2, 0) is 0 Å². The van der Waals surface area contributed by atoms with Gasteiger partial charge in [-0.15, -0.1) is 0 Å². The molecule has 0 aliphatic carbocycles. The Morgan fingerprint density at radius 1 is 1.00 bits per heavy atom. The van der Waals surface area contributed by atoms with Crippen molar-refractivity contribution >= 4 is 34.8 Å². The quantitative estimate of drug-likeness (QED) is 0.816. The van der Waals surface area contributed by atoms with E-state index in [9.17, 15) is 9.59 Å². The standard InChI is InChI=1S/C14H20N4O2S/c1-15-12(19)9-6-10(13(20)17(2)3)8-11(7-9)16-14(21)18(4)5/h6-8H,1-5H3,(H,15,19)(H,16,21). The molecule has 2 amide bonds. The average molecular weight is 308 g/mol. The van der Waals surface area contributed by atoms with Gasteiger partial charge < -0.3 is 20.4 Å². The Labute approximate surface area is 130 Å². The van der Waals surface area contributed by atoms with Crippen molar-refractivity contribution in [2.24, 2.45) is 0 Å². The first-order chi connectivity index (χ1) is 9.76. The number of rotatable bonds is 3. The highest BCUT2D eigenvalue weighted by molar-refractivity contribution is 7.80. The maximum Gasteiger partial charge on any atom is 0.253 e. The summed E-state index contributed by atoms with van der Waals surface area (Å²) in [5.41, 5.74) is 1.42. The van der Waals surface area contributed by atoms with Gasteiger partial charge in [0.2, 0.25) is 0 Å². The summed E-state index contributed by atoms with van der Waals surface area (Å²) in [7, 11) is 8.48. The fourth-order valence-corrected chi connectivity index (χ4v) is 1.71. The van der Waals surface area contributed by atoms with E-state index in [-0.39, 0.29) is 11.8 Å². The monoisotopic (exact) mass is 308 g/mol. The summed E-state index contributed by atoms with van der Waals surface area (Å²) in [5.74, 6) is -0.443. The van der Waals surface area contributed by atoms with E-state index in [0.717, 1.165) is 0 Å². The number of nitrogens with zero attached hydrogens (tertiary/aromatic N) is 2. The van der Waals surface area contributed by atoms with E-state index in [2.05, 4.69) is 10.6 Å². The van der Waals surface area contributed by atoms with Crippen molar-refractivity contribution in [1.29, 1.82) is 0 Å². The van der Waals surface area contributed by atoms with Gasteiger partial charge in [-0.3, -0.25) is 9.59 Å². The Morgan fingerprint density at radius 2 is 1.57 bits per heavy atom. The second-order valence-corrected chi connectivity index (χ2v) is 5.29. The van der Waals surface area contributed by atoms with Crippen LogP contribution in [0.15, 0.2) is 18.2 Å². The van der Waals surface area contributed by atoms with Gasteiger partial charge in [0.1, 0.15) is 0 Å². The van der Waals surface area contributed by atoms with Crippen LogP contribution in [0.1, 0.15) is 20.7 Å². The zero-order valence-electron chi connectivity index (χ0n) is 12.9. The molecule has 0 spiro atoms. The molecule has 21 heavy (non-hydrogen) atoms. The second kappa shape index (κ2) is 7.03. The molecule has 2 N–H and O–H groups in total. The number of carbonyl (C=O) groups excluding carboxylic acids is 2.